The Morgan fingerprint density at radius 2 is 2.19 bits per heavy atom. The number of aryl methyl sites for hydroxylation is 1. The number of ether oxygens (including phenoxy) is 2. The number of carbonyl (C=O) groups is 1. The second-order valence-corrected chi connectivity index (χ2v) is 7.45. The molecule has 0 radical (unpaired) electrons. The molecule has 0 saturated carbocycles. The number of aliphatic hydroxyl groups excluding tert-OH is 1. The Bertz CT molecular complexity index is 713. The summed E-state index contributed by atoms with van der Waals surface area (Å²) in [5, 5.41) is 14.2. The average Bonchev–Trinajstić information content (AvgIpc) is 3.13. The summed E-state index contributed by atoms with van der Waals surface area (Å²) in [6.45, 7) is 3.19. The summed E-state index contributed by atoms with van der Waals surface area (Å²) < 4.78 is 11.6. The zero-order valence-corrected chi connectivity index (χ0v) is 15.8. The van der Waals surface area contributed by atoms with Gasteiger partial charge in [0.05, 0.1) is 24.8 Å². The second kappa shape index (κ2) is 9.16. The molecule has 1 aromatic carbocycles. The van der Waals surface area contributed by atoms with Crippen molar-refractivity contribution in [1.29, 1.82) is 0 Å². The van der Waals surface area contributed by atoms with Crippen LogP contribution in [0.4, 0.5) is 0 Å². The molecule has 2 aromatic rings. The molecule has 1 aromatic heterocycles. The number of hydrogen-bond acceptors (Lipinski definition) is 5. The van der Waals surface area contributed by atoms with E-state index in [0.29, 0.717) is 19.0 Å². The number of hydrogen-bond donors (Lipinski definition) is 2. The maximum absolute atomic E-state index is 12.6. The fourth-order valence-corrected chi connectivity index (χ4v) is 3.94. The van der Waals surface area contributed by atoms with Crippen molar-refractivity contribution in [2.45, 2.75) is 44.9 Å². The molecule has 1 aliphatic rings. The Morgan fingerprint density at radius 3 is 2.92 bits per heavy atom. The molecule has 1 saturated heterocycles. The van der Waals surface area contributed by atoms with Gasteiger partial charge in [-0.15, -0.1) is 11.3 Å². The molecule has 5 nitrogen and oxygen atoms in total. The summed E-state index contributed by atoms with van der Waals surface area (Å²) in [7, 11) is 0. The minimum atomic E-state index is -0.235. The summed E-state index contributed by atoms with van der Waals surface area (Å²) in [5.41, 5.74) is 1.55. The molecule has 1 amide bonds. The number of benzene rings is 1. The molecule has 26 heavy (non-hydrogen) atoms. The smallest absolute Gasteiger partial charge is 0.252 e. The third-order valence-corrected chi connectivity index (χ3v) is 5.42. The fourth-order valence-electron chi connectivity index (χ4n) is 2.97. The van der Waals surface area contributed by atoms with E-state index in [2.05, 4.69) is 12.2 Å². The molecule has 1 aliphatic heterocycles. The standard InChI is InChI=1S/C20H25NO4S/c1-2-3-17-10-15(13-26-17)20(23)21-18-8-9-24-12-19(18)25-16-6-4-14(11-22)5-7-16/h4-7,10,13,18-19,22H,2-3,8-9,11-12H2,1H3,(H,21,23)/t18-,19-/m1/s1. The molecular weight excluding hydrogens is 350 g/mol. The molecule has 2 atom stereocenters. The van der Waals surface area contributed by atoms with Crippen LogP contribution < -0.4 is 10.1 Å². The maximum atomic E-state index is 12.6. The molecule has 1 fully saturated rings. The number of rotatable bonds is 7. The third-order valence-electron chi connectivity index (χ3n) is 4.43. The van der Waals surface area contributed by atoms with E-state index in [-0.39, 0.29) is 24.7 Å². The lowest BCUT2D eigenvalue weighted by Gasteiger charge is -2.32. The lowest BCUT2D eigenvalue weighted by Crippen LogP contribution is -2.51. The SMILES string of the molecule is CCCc1cc(C(=O)N[C@@H]2CCOC[C@H]2Oc2ccc(CO)cc2)cs1. The van der Waals surface area contributed by atoms with Crippen molar-refractivity contribution >= 4 is 17.2 Å². The number of thiophene rings is 1. The Balaban J connectivity index is 1.62. The topological polar surface area (TPSA) is 67.8 Å². The van der Waals surface area contributed by atoms with E-state index in [9.17, 15) is 4.79 Å². The van der Waals surface area contributed by atoms with Gasteiger partial charge < -0.3 is 19.9 Å². The van der Waals surface area contributed by atoms with Crippen molar-refractivity contribution in [3.8, 4) is 5.75 Å². The van der Waals surface area contributed by atoms with E-state index in [4.69, 9.17) is 14.6 Å². The van der Waals surface area contributed by atoms with Crippen LogP contribution in [-0.4, -0.2) is 36.4 Å². The van der Waals surface area contributed by atoms with E-state index >= 15 is 0 Å². The largest absolute Gasteiger partial charge is 0.486 e. The highest BCUT2D eigenvalue weighted by atomic mass is 32.1. The molecule has 0 unspecified atom stereocenters. The molecule has 0 aliphatic carbocycles. The van der Waals surface area contributed by atoms with Gasteiger partial charge >= 0.3 is 0 Å². The van der Waals surface area contributed by atoms with E-state index in [0.717, 1.165) is 30.4 Å². The highest BCUT2D eigenvalue weighted by molar-refractivity contribution is 7.10. The van der Waals surface area contributed by atoms with Crippen molar-refractivity contribution < 1.29 is 19.4 Å². The van der Waals surface area contributed by atoms with Gasteiger partial charge in [-0.1, -0.05) is 25.5 Å². The van der Waals surface area contributed by atoms with Crippen LogP contribution >= 0.6 is 11.3 Å². The lowest BCUT2D eigenvalue weighted by atomic mass is 10.1. The summed E-state index contributed by atoms with van der Waals surface area (Å²) in [6.07, 6.45) is 2.57. The fraction of sp³-hybridized carbons (Fsp3) is 0.450. The van der Waals surface area contributed by atoms with Gasteiger partial charge in [-0.25, -0.2) is 0 Å². The van der Waals surface area contributed by atoms with Gasteiger partial charge in [0, 0.05) is 16.9 Å². The Kier molecular flexibility index (Phi) is 6.66. The van der Waals surface area contributed by atoms with Crippen molar-refractivity contribution in [2.24, 2.45) is 0 Å². The zero-order valence-electron chi connectivity index (χ0n) is 14.9. The monoisotopic (exact) mass is 375 g/mol. The quantitative estimate of drug-likeness (QED) is 0.780. The van der Waals surface area contributed by atoms with Gasteiger partial charge in [0.15, 0.2) is 0 Å². The first kappa shape index (κ1) is 18.9. The Morgan fingerprint density at radius 1 is 1.38 bits per heavy atom. The number of aliphatic hydroxyl groups is 1. The third kappa shape index (κ3) is 4.84. The van der Waals surface area contributed by atoms with Crippen LogP contribution in [0.2, 0.25) is 0 Å². The Hall–Kier alpha value is -1.89. The predicted octanol–water partition coefficient (Wildman–Crippen LogP) is 3.16. The average molecular weight is 375 g/mol. The van der Waals surface area contributed by atoms with Gasteiger partial charge in [0.2, 0.25) is 0 Å². The molecule has 2 N–H and O–H groups in total. The van der Waals surface area contributed by atoms with Gasteiger partial charge in [-0.05, 0) is 36.6 Å². The summed E-state index contributed by atoms with van der Waals surface area (Å²) in [5.74, 6) is 0.650. The second-order valence-electron chi connectivity index (χ2n) is 6.45. The first-order valence-electron chi connectivity index (χ1n) is 9.02. The molecule has 140 valence electrons. The molecule has 0 bridgehead atoms. The number of amides is 1. The van der Waals surface area contributed by atoms with E-state index in [1.54, 1.807) is 11.3 Å². The lowest BCUT2D eigenvalue weighted by molar-refractivity contribution is -0.0135. The molecule has 6 heteroatoms. The van der Waals surface area contributed by atoms with Crippen LogP contribution in [0.25, 0.3) is 0 Å². The van der Waals surface area contributed by atoms with Gasteiger partial charge in [0.25, 0.3) is 5.91 Å². The van der Waals surface area contributed by atoms with Crippen LogP contribution in [0.3, 0.4) is 0 Å². The van der Waals surface area contributed by atoms with Crippen LogP contribution in [0.5, 0.6) is 5.75 Å². The van der Waals surface area contributed by atoms with E-state index in [1.807, 2.05) is 35.7 Å². The van der Waals surface area contributed by atoms with E-state index < -0.39 is 0 Å². The van der Waals surface area contributed by atoms with E-state index in [1.165, 1.54) is 4.88 Å². The minimum absolute atomic E-state index is 0.00611. The highest BCUT2D eigenvalue weighted by Crippen LogP contribution is 2.20. The van der Waals surface area contributed by atoms with Gasteiger partial charge in [-0.2, -0.15) is 0 Å². The number of nitrogens with one attached hydrogen (secondary N) is 1. The van der Waals surface area contributed by atoms with Gasteiger partial charge in [0.1, 0.15) is 11.9 Å². The van der Waals surface area contributed by atoms with Crippen molar-refractivity contribution in [2.75, 3.05) is 13.2 Å². The van der Waals surface area contributed by atoms with Crippen molar-refractivity contribution in [3.05, 3.63) is 51.7 Å². The molecule has 0 spiro atoms. The first-order valence-corrected chi connectivity index (χ1v) is 9.90. The summed E-state index contributed by atoms with van der Waals surface area (Å²) in [4.78, 5) is 13.8. The van der Waals surface area contributed by atoms with Crippen molar-refractivity contribution in [3.63, 3.8) is 0 Å². The zero-order chi connectivity index (χ0) is 18.4. The molecule has 3 rings (SSSR count). The maximum Gasteiger partial charge on any atom is 0.252 e. The summed E-state index contributed by atoms with van der Waals surface area (Å²) >= 11 is 1.63. The summed E-state index contributed by atoms with van der Waals surface area (Å²) in [6, 6.07) is 9.19. The normalized spacial score (nSPS) is 19.9. The minimum Gasteiger partial charge on any atom is -0.486 e. The van der Waals surface area contributed by atoms with Crippen LogP contribution in [0.15, 0.2) is 35.7 Å². The number of carbonyl (C=O) groups excluding carboxylic acids is 1. The van der Waals surface area contributed by atoms with Crippen LogP contribution in [-0.2, 0) is 17.8 Å². The first-order chi connectivity index (χ1) is 12.7. The molecule has 2 heterocycles. The van der Waals surface area contributed by atoms with Gasteiger partial charge in [-0.3, -0.25) is 4.79 Å². The highest BCUT2D eigenvalue weighted by Gasteiger charge is 2.29. The predicted molar refractivity (Wildman–Crippen MR) is 102 cm³/mol. The Labute approximate surface area is 158 Å². The van der Waals surface area contributed by atoms with Crippen LogP contribution in [0, 0.1) is 0 Å². The van der Waals surface area contributed by atoms with Crippen LogP contribution in [0.1, 0.15) is 40.6 Å². The van der Waals surface area contributed by atoms with Crippen molar-refractivity contribution in [1.82, 2.24) is 5.32 Å². The molecular formula is C20H25NO4S.